The van der Waals surface area contributed by atoms with Crippen LogP contribution in [0.4, 0.5) is 5.69 Å². The molecule has 32 heavy (non-hydrogen) atoms. The molecule has 0 saturated carbocycles. The Morgan fingerprint density at radius 3 is 2.75 bits per heavy atom. The van der Waals surface area contributed by atoms with Crippen LogP contribution in [0.5, 0.6) is 11.5 Å². The highest BCUT2D eigenvalue weighted by atomic mass is 32.1. The van der Waals surface area contributed by atoms with Crippen LogP contribution in [0, 0.1) is 20.8 Å². The predicted molar refractivity (Wildman–Crippen MR) is 132 cm³/mol. The molecule has 1 aliphatic rings. The lowest BCUT2D eigenvalue weighted by atomic mass is 9.85. The van der Waals surface area contributed by atoms with Gasteiger partial charge in [-0.2, -0.15) is 0 Å². The maximum Gasteiger partial charge on any atom is 0.308 e. The molecular formula is C26H28N2O3S. The average Bonchev–Trinajstić information content (AvgIpc) is 2.75. The van der Waals surface area contributed by atoms with Crippen LogP contribution in [0.15, 0.2) is 36.7 Å². The normalized spacial score (nSPS) is 17.4. The summed E-state index contributed by atoms with van der Waals surface area (Å²) < 4.78 is 12.1. The molecule has 1 atom stereocenters. The Kier molecular flexibility index (Phi) is 5.91. The van der Waals surface area contributed by atoms with Crippen molar-refractivity contribution in [1.82, 2.24) is 4.98 Å². The lowest BCUT2D eigenvalue weighted by Crippen LogP contribution is -2.40. The van der Waals surface area contributed by atoms with Crippen LogP contribution in [0.1, 0.15) is 48.9 Å². The zero-order chi connectivity index (χ0) is 23.0. The van der Waals surface area contributed by atoms with Crippen LogP contribution in [0.2, 0.25) is 0 Å². The van der Waals surface area contributed by atoms with Gasteiger partial charge in [0.25, 0.3) is 0 Å². The number of rotatable bonds is 4. The van der Waals surface area contributed by atoms with Crippen molar-refractivity contribution in [2.24, 2.45) is 0 Å². The van der Waals surface area contributed by atoms with E-state index < -0.39 is 5.60 Å². The summed E-state index contributed by atoms with van der Waals surface area (Å²) in [6, 6.07) is 8.06. The van der Waals surface area contributed by atoms with Gasteiger partial charge in [0.2, 0.25) is 0 Å². The molecule has 6 heteroatoms. The molecule has 0 fully saturated rings. The maximum absolute atomic E-state index is 11.6. The van der Waals surface area contributed by atoms with Crippen LogP contribution in [0.3, 0.4) is 0 Å². The second-order valence-corrected chi connectivity index (χ2v) is 9.28. The van der Waals surface area contributed by atoms with Crippen molar-refractivity contribution in [2.75, 3.05) is 5.32 Å². The summed E-state index contributed by atoms with van der Waals surface area (Å²) in [5.74, 6) is 1.24. The maximum atomic E-state index is 11.6. The fourth-order valence-corrected chi connectivity index (χ4v) is 4.88. The number of hydrogen-bond donors (Lipinski definition) is 1. The van der Waals surface area contributed by atoms with Gasteiger partial charge >= 0.3 is 5.97 Å². The van der Waals surface area contributed by atoms with E-state index in [0.717, 1.165) is 62.3 Å². The van der Waals surface area contributed by atoms with E-state index in [9.17, 15) is 4.79 Å². The Labute approximate surface area is 194 Å². The van der Waals surface area contributed by atoms with Crippen molar-refractivity contribution < 1.29 is 14.3 Å². The number of pyridine rings is 1. The number of nitrogens with one attached hydrogen (secondary N) is 1. The molecule has 2 aromatic carbocycles. The van der Waals surface area contributed by atoms with Crippen molar-refractivity contribution >= 4 is 39.6 Å². The molecule has 0 saturated heterocycles. The summed E-state index contributed by atoms with van der Waals surface area (Å²) in [5.41, 5.74) is 4.59. The minimum atomic E-state index is -0.421. The lowest BCUT2D eigenvalue weighted by molar-refractivity contribution is -0.132. The minimum Gasteiger partial charge on any atom is -0.487 e. The summed E-state index contributed by atoms with van der Waals surface area (Å²) in [5, 5.41) is 5.57. The first kappa shape index (κ1) is 22.2. The quantitative estimate of drug-likeness (QED) is 0.300. The molecular weight excluding hydrogens is 420 g/mol. The molecule has 2 heterocycles. The summed E-state index contributed by atoms with van der Waals surface area (Å²) in [7, 11) is 0. The highest BCUT2D eigenvalue weighted by Gasteiger charge is 2.36. The van der Waals surface area contributed by atoms with Gasteiger partial charge in [0.05, 0.1) is 4.99 Å². The van der Waals surface area contributed by atoms with Crippen molar-refractivity contribution in [2.45, 2.75) is 59.5 Å². The van der Waals surface area contributed by atoms with Crippen LogP contribution >= 0.6 is 12.2 Å². The second-order valence-electron chi connectivity index (χ2n) is 8.78. The first-order valence-electron chi connectivity index (χ1n) is 10.8. The van der Waals surface area contributed by atoms with Gasteiger partial charge in [-0.1, -0.05) is 24.4 Å². The molecule has 0 amide bonds. The Balaban J connectivity index is 1.57. The van der Waals surface area contributed by atoms with Gasteiger partial charge in [-0.15, -0.1) is 0 Å². The van der Waals surface area contributed by atoms with Gasteiger partial charge in [-0.25, -0.2) is 0 Å². The third kappa shape index (κ3) is 4.19. The molecule has 166 valence electrons. The van der Waals surface area contributed by atoms with Crippen LogP contribution in [0.25, 0.3) is 10.8 Å². The molecule has 3 aromatic rings. The molecule has 1 aromatic heterocycles. The van der Waals surface area contributed by atoms with E-state index in [0.29, 0.717) is 12.2 Å². The summed E-state index contributed by atoms with van der Waals surface area (Å²) in [6.45, 7) is 9.53. The monoisotopic (exact) mass is 448 g/mol. The van der Waals surface area contributed by atoms with Gasteiger partial charge in [-0.3, -0.25) is 9.78 Å². The first-order valence-corrected chi connectivity index (χ1v) is 11.2. The number of esters is 1. The van der Waals surface area contributed by atoms with Crippen LogP contribution in [-0.2, 0) is 11.2 Å². The van der Waals surface area contributed by atoms with E-state index in [1.165, 1.54) is 6.92 Å². The van der Waals surface area contributed by atoms with Gasteiger partial charge in [0.1, 0.15) is 17.1 Å². The van der Waals surface area contributed by atoms with Gasteiger partial charge < -0.3 is 14.8 Å². The van der Waals surface area contributed by atoms with E-state index in [-0.39, 0.29) is 5.97 Å². The number of thiocarbonyl (C=S) groups is 1. The number of benzene rings is 2. The Morgan fingerprint density at radius 2 is 2.00 bits per heavy atom. The van der Waals surface area contributed by atoms with Crippen LogP contribution in [-0.4, -0.2) is 21.5 Å². The topological polar surface area (TPSA) is 60.5 Å². The number of nitrogens with zero attached hydrogens (tertiary/aromatic N) is 1. The number of aromatic nitrogens is 1. The average molecular weight is 449 g/mol. The van der Waals surface area contributed by atoms with Gasteiger partial charge in [-0.05, 0) is 69.4 Å². The van der Waals surface area contributed by atoms with E-state index in [4.69, 9.17) is 21.7 Å². The Hall–Kier alpha value is -2.99. The predicted octanol–water partition coefficient (Wildman–Crippen LogP) is 6.00. The first-order chi connectivity index (χ1) is 15.2. The molecule has 0 bridgehead atoms. The lowest BCUT2D eigenvalue weighted by Gasteiger charge is -2.38. The van der Waals surface area contributed by atoms with Crippen molar-refractivity contribution in [1.29, 1.82) is 0 Å². The standard InChI is InChI=1S/C26H28N2O3S/c1-15-16(2)25-20(17(3)24(15)30-18(4)29)9-11-26(5,31-25)13-23(32)28-22-8-6-7-19-14-27-12-10-21(19)22/h6-8,10,12,14H,9,11,13H2,1-5H3,(H,28,32). The number of ether oxygens (including phenoxy) is 2. The largest absolute Gasteiger partial charge is 0.487 e. The van der Waals surface area contributed by atoms with Crippen molar-refractivity contribution in [3.05, 3.63) is 58.9 Å². The molecule has 1 N–H and O–H groups in total. The van der Waals surface area contributed by atoms with Gasteiger partial charge in [0.15, 0.2) is 0 Å². The summed E-state index contributed by atoms with van der Waals surface area (Å²) in [4.78, 5) is 16.5. The van der Waals surface area contributed by atoms with E-state index in [1.54, 1.807) is 6.20 Å². The fraction of sp³-hybridized carbons (Fsp3) is 0.346. The van der Waals surface area contributed by atoms with E-state index >= 15 is 0 Å². The number of carbonyl (C=O) groups is 1. The van der Waals surface area contributed by atoms with Crippen molar-refractivity contribution in [3.63, 3.8) is 0 Å². The molecule has 1 unspecified atom stereocenters. The number of carbonyl (C=O) groups excluding carboxylic acids is 1. The Morgan fingerprint density at radius 1 is 1.22 bits per heavy atom. The van der Waals surface area contributed by atoms with Gasteiger partial charge in [0, 0.05) is 47.8 Å². The van der Waals surface area contributed by atoms with E-state index in [2.05, 4.69) is 17.2 Å². The van der Waals surface area contributed by atoms with Crippen LogP contribution < -0.4 is 14.8 Å². The number of fused-ring (bicyclic) bond motifs is 2. The molecule has 5 nitrogen and oxygen atoms in total. The highest BCUT2D eigenvalue weighted by Crippen LogP contribution is 2.44. The fourth-order valence-electron chi connectivity index (χ4n) is 4.47. The smallest absolute Gasteiger partial charge is 0.308 e. The zero-order valence-corrected chi connectivity index (χ0v) is 20.0. The number of anilines is 1. The molecule has 0 radical (unpaired) electrons. The van der Waals surface area contributed by atoms with Crippen molar-refractivity contribution in [3.8, 4) is 11.5 Å². The van der Waals surface area contributed by atoms with E-state index in [1.807, 2.05) is 51.2 Å². The second kappa shape index (κ2) is 8.51. The minimum absolute atomic E-state index is 0.308. The third-order valence-electron chi connectivity index (χ3n) is 6.30. The summed E-state index contributed by atoms with van der Waals surface area (Å²) >= 11 is 5.74. The highest BCUT2D eigenvalue weighted by molar-refractivity contribution is 7.80. The SMILES string of the molecule is CC(=O)Oc1c(C)c(C)c2c(c1C)CCC(C)(CC(=S)Nc1cccc3cnccc13)O2. The molecule has 0 aliphatic carbocycles. The molecule has 4 rings (SSSR count). The summed E-state index contributed by atoms with van der Waals surface area (Å²) in [6.07, 6.45) is 5.91. The Bertz CT molecular complexity index is 1230. The third-order valence-corrected chi connectivity index (χ3v) is 6.54. The zero-order valence-electron chi connectivity index (χ0n) is 19.2. The number of hydrogen-bond acceptors (Lipinski definition) is 5. The molecule has 1 aliphatic heterocycles. The molecule has 0 spiro atoms.